The van der Waals surface area contributed by atoms with Gasteiger partial charge < -0.3 is 15.2 Å². The van der Waals surface area contributed by atoms with E-state index in [1.54, 1.807) is 4.52 Å². The smallest absolute Gasteiger partial charge is 0.254 e. The average Bonchev–Trinajstić information content (AvgIpc) is 2.93. The Kier molecular flexibility index (Phi) is 3.54. The summed E-state index contributed by atoms with van der Waals surface area (Å²) in [4.78, 5) is 8.51. The number of hydrogen-bond donors (Lipinski definition) is 2. The molecule has 3 rings (SSSR count). The van der Waals surface area contributed by atoms with E-state index in [1.807, 2.05) is 13.0 Å². The van der Waals surface area contributed by atoms with Gasteiger partial charge in [-0.15, -0.1) is 0 Å². The van der Waals surface area contributed by atoms with Crippen LogP contribution in [-0.2, 0) is 11.2 Å². The van der Waals surface area contributed by atoms with Crippen LogP contribution in [0.25, 0.3) is 5.78 Å². The van der Waals surface area contributed by atoms with Gasteiger partial charge in [-0.1, -0.05) is 6.92 Å². The van der Waals surface area contributed by atoms with Crippen molar-refractivity contribution in [2.45, 2.75) is 31.8 Å². The number of fused-ring (bicyclic) bond motifs is 1. The maximum absolute atomic E-state index is 10.5. The fourth-order valence-electron chi connectivity index (χ4n) is 2.35. The van der Waals surface area contributed by atoms with Gasteiger partial charge in [0.1, 0.15) is 12.1 Å². The number of nitrogens with zero attached hydrogens (tertiary/aromatic N) is 4. The third-order valence-electron chi connectivity index (χ3n) is 3.69. The Hall–Kier alpha value is -1.73. The fraction of sp³-hybridized carbons (Fsp3) is 0.615. The lowest BCUT2D eigenvalue weighted by Crippen LogP contribution is -2.42. The molecule has 0 bridgehead atoms. The summed E-state index contributed by atoms with van der Waals surface area (Å²) in [7, 11) is 0. The van der Waals surface area contributed by atoms with Crippen LogP contribution in [0.2, 0.25) is 0 Å². The highest BCUT2D eigenvalue weighted by Crippen LogP contribution is 2.21. The first-order chi connectivity index (χ1) is 9.70. The lowest BCUT2D eigenvalue weighted by molar-refractivity contribution is -0.0544. The summed E-state index contributed by atoms with van der Waals surface area (Å²) in [6, 6.07) is 1.95. The Bertz CT molecular complexity index is 591. The topological polar surface area (TPSA) is 84.6 Å². The molecule has 2 aromatic rings. The minimum absolute atomic E-state index is 0.471. The first-order valence-electron chi connectivity index (χ1n) is 6.94. The Morgan fingerprint density at radius 2 is 2.25 bits per heavy atom. The molecule has 0 unspecified atom stereocenters. The lowest BCUT2D eigenvalue weighted by Gasteiger charge is -2.32. The molecular weight excluding hydrogens is 258 g/mol. The molecule has 7 nitrogen and oxygen atoms in total. The van der Waals surface area contributed by atoms with Gasteiger partial charge in [-0.25, -0.2) is 4.98 Å². The van der Waals surface area contributed by atoms with Gasteiger partial charge >= 0.3 is 0 Å². The minimum atomic E-state index is -0.721. The van der Waals surface area contributed by atoms with Crippen molar-refractivity contribution in [2.24, 2.45) is 0 Å². The van der Waals surface area contributed by atoms with Crippen molar-refractivity contribution in [3.05, 3.63) is 18.1 Å². The first-order valence-corrected chi connectivity index (χ1v) is 6.94. The van der Waals surface area contributed by atoms with Crippen LogP contribution in [0, 0.1) is 0 Å². The molecule has 0 aromatic carbocycles. The molecule has 1 aliphatic rings. The predicted octanol–water partition coefficient (Wildman–Crippen LogP) is 0.640. The van der Waals surface area contributed by atoms with Gasteiger partial charge in [-0.2, -0.15) is 14.6 Å². The Labute approximate surface area is 117 Å². The summed E-state index contributed by atoms with van der Waals surface area (Å²) in [6.45, 7) is 3.73. The molecule has 0 radical (unpaired) electrons. The van der Waals surface area contributed by atoms with E-state index in [0.29, 0.717) is 38.4 Å². The quantitative estimate of drug-likeness (QED) is 0.853. The van der Waals surface area contributed by atoms with Gasteiger partial charge in [-0.3, -0.25) is 0 Å². The maximum atomic E-state index is 10.5. The van der Waals surface area contributed by atoms with Crippen molar-refractivity contribution in [1.82, 2.24) is 19.6 Å². The van der Waals surface area contributed by atoms with E-state index in [9.17, 15) is 5.11 Å². The van der Waals surface area contributed by atoms with Crippen LogP contribution < -0.4 is 5.32 Å². The number of nitrogens with one attached hydrogen (secondary N) is 1. The third kappa shape index (κ3) is 2.59. The summed E-state index contributed by atoms with van der Waals surface area (Å²) in [5, 5.41) is 17.9. The molecule has 1 saturated heterocycles. The molecule has 2 N–H and O–H groups in total. The van der Waals surface area contributed by atoms with Gasteiger partial charge in [0, 0.05) is 44.4 Å². The molecule has 0 spiro atoms. The van der Waals surface area contributed by atoms with E-state index in [4.69, 9.17) is 4.74 Å². The highest BCUT2D eigenvalue weighted by molar-refractivity contribution is 5.45. The highest BCUT2D eigenvalue weighted by atomic mass is 16.5. The van der Waals surface area contributed by atoms with Crippen molar-refractivity contribution in [3.63, 3.8) is 0 Å². The molecule has 0 atom stereocenters. The van der Waals surface area contributed by atoms with Crippen molar-refractivity contribution in [3.8, 4) is 0 Å². The second-order valence-electron chi connectivity index (χ2n) is 5.15. The van der Waals surface area contributed by atoms with Crippen LogP contribution in [-0.4, -0.2) is 50.0 Å². The van der Waals surface area contributed by atoms with Crippen LogP contribution in [0.3, 0.4) is 0 Å². The number of anilines is 1. The molecule has 3 heterocycles. The van der Waals surface area contributed by atoms with Crippen LogP contribution in [0.1, 0.15) is 25.5 Å². The highest BCUT2D eigenvalue weighted by Gasteiger charge is 2.29. The largest absolute Gasteiger partial charge is 0.388 e. The molecule has 0 saturated carbocycles. The number of ether oxygens (including phenoxy) is 1. The zero-order valence-corrected chi connectivity index (χ0v) is 11.5. The number of rotatable bonds is 4. The fourth-order valence-corrected chi connectivity index (χ4v) is 2.35. The van der Waals surface area contributed by atoms with Gasteiger partial charge in [0.25, 0.3) is 5.78 Å². The monoisotopic (exact) mass is 277 g/mol. The number of aryl methyl sites for hydroxylation is 1. The molecule has 20 heavy (non-hydrogen) atoms. The van der Waals surface area contributed by atoms with Crippen LogP contribution in [0.5, 0.6) is 0 Å². The van der Waals surface area contributed by atoms with Crippen molar-refractivity contribution in [2.75, 3.05) is 25.1 Å². The SMILES string of the molecule is CCc1cc(NCC2(O)CCOCC2)n2ncnc2n1. The van der Waals surface area contributed by atoms with Crippen LogP contribution in [0.15, 0.2) is 12.4 Å². The Morgan fingerprint density at radius 1 is 1.45 bits per heavy atom. The molecule has 2 aromatic heterocycles. The second kappa shape index (κ2) is 5.34. The minimum Gasteiger partial charge on any atom is -0.388 e. The standard InChI is InChI=1S/C13H19N5O2/c1-2-10-7-11(18-12(17-10)15-9-16-18)14-8-13(19)3-5-20-6-4-13/h7,9,14,19H,2-6,8H2,1H3. The molecular formula is C13H19N5O2. The molecule has 0 aliphatic carbocycles. The van der Waals surface area contributed by atoms with E-state index in [2.05, 4.69) is 20.4 Å². The number of aromatic nitrogens is 4. The third-order valence-corrected chi connectivity index (χ3v) is 3.69. The zero-order chi connectivity index (χ0) is 14.0. The van der Waals surface area contributed by atoms with Crippen molar-refractivity contribution in [1.29, 1.82) is 0 Å². The van der Waals surface area contributed by atoms with E-state index in [1.165, 1.54) is 6.33 Å². The van der Waals surface area contributed by atoms with Crippen molar-refractivity contribution < 1.29 is 9.84 Å². The number of aliphatic hydroxyl groups is 1. The number of hydrogen-bond acceptors (Lipinski definition) is 6. The molecule has 108 valence electrons. The van der Waals surface area contributed by atoms with E-state index >= 15 is 0 Å². The molecule has 1 fully saturated rings. The molecule has 7 heteroatoms. The van der Waals surface area contributed by atoms with E-state index in [0.717, 1.165) is 17.9 Å². The normalized spacial score (nSPS) is 18.3. The van der Waals surface area contributed by atoms with Crippen LogP contribution >= 0.6 is 0 Å². The average molecular weight is 277 g/mol. The molecule has 1 aliphatic heterocycles. The summed E-state index contributed by atoms with van der Waals surface area (Å²) in [6.07, 6.45) is 3.60. The maximum Gasteiger partial charge on any atom is 0.254 e. The summed E-state index contributed by atoms with van der Waals surface area (Å²) < 4.78 is 6.94. The first kappa shape index (κ1) is 13.3. The Balaban J connectivity index is 1.81. The summed E-state index contributed by atoms with van der Waals surface area (Å²) in [5.41, 5.74) is 0.229. The van der Waals surface area contributed by atoms with Gasteiger partial charge in [0.15, 0.2) is 0 Å². The molecule has 0 amide bonds. The van der Waals surface area contributed by atoms with Crippen LogP contribution in [0.4, 0.5) is 5.82 Å². The van der Waals surface area contributed by atoms with Crippen molar-refractivity contribution >= 4 is 11.6 Å². The van der Waals surface area contributed by atoms with E-state index < -0.39 is 5.60 Å². The summed E-state index contributed by atoms with van der Waals surface area (Å²) >= 11 is 0. The zero-order valence-electron chi connectivity index (χ0n) is 11.5. The van der Waals surface area contributed by atoms with Gasteiger partial charge in [0.2, 0.25) is 0 Å². The van der Waals surface area contributed by atoms with Gasteiger partial charge in [-0.05, 0) is 6.42 Å². The second-order valence-corrected chi connectivity index (χ2v) is 5.15. The van der Waals surface area contributed by atoms with E-state index in [-0.39, 0.29) is 0 Å². The van der Waals surface area contributed by atoms with Gasteiger partial charge in [0.05, 0.1) is 5.60 Å². The lowest BCUT2D eigenvalue weighted by atomic mass is 9.94. The predicted molar refractivity (Wildman–Crippen MR) is 73.7 cm³/mol. The summed E-state index contributed by atoms with van der Waals surface area (Å²) in [5.74, 6) is 1.38. The Morgan fingerprint density at radius 3 is 3.00 bits per heavy atom.